The van der Waals surface area contributed by atoms with E-state index in [0.717, 1.165) is 21.9 Å². The number of para-hydroxylation sites is 1. The van der Waals surface area contributed by atoms with E-state index in [1.165, 1.54) is 0 Å². The van der Waals surface area contributed by atoms with Crippen LogP contribution in [0, 0.1) is 0 Å². The van der Waals surface area contributed by atoms with Crippen molar-refractivity contribution in [3.63, 3.8) is 0 Å². The predicted molar refractivity (Wildman–Crippen MR) is 131 cm³/mol. The van der Waals surface area contributed by atoms with Gasteiger partial charge in [0.05, 0.1) is 35.4 Å². The fourth-order valence-electron chi connectivity index (χ4n) is 3.86. The minimum Gasteiger partial charge on any atom is -0.381 e. The molecule has 10 heteroatoms. The third-order valence-corrected chi connectivity index (χ3v) is 6.54. The summed E-state index contributed by atoms with van der Waals surface area (Å²) in [6.07, 6.45) is -2.94. The van der Waals surface area contributed by atoms with E-state index in [9.17, 15) is 23.1 Å². The van der Waals surface area contributed by atoms with Crippen molar-refractivity contribution >= 4 is 33.8 Å². The molecule has 6 nitrogen and oxygen atoms in total. The van der Waals surface area contributed by atoms with Crippen molar-refractivity contribution in [2.45, 2.75) is 25.1 Å². The third kappa shape index (κ3) is 5.18. The molecule has 184 valence electrons. The zero-order chi connectivity index (χ0) is 25.1. The quantitative estimate of drug-likeness (QED) is 0.324. The van der Waals surface area contributed by atoms with Gasteiger partial charge in [-0.05, 0) is 42.1 Å². The molecule has 4 rings (SSSR count). The standard InChI is InChI=1S/C25H25F3N4O2S/c1-2-13-31(23(33)22-12-7-14-35-22)17-24(34,25(26,27)28)16-29-20-10-6-11-21-19(20)15-30-32(21)18-8-4-3-5-9-18/h3-12,14-15,29,34H,2,13,16-17H2,1H3. The number of benzene rings is 2. The zero-order valence-electron chi connectivity index (χ0n) is 19.0. The van der Waals surface area contributed by atoms with Gasteiger partial charge in [0, 0.05) is 17.6 Å². The van der Waals surface area contributed by atoms with Crippen molar-refractivity contribution in [2.24, 2.45) is 0 Å². The van der Waals surface area contributed by atoms with Crippen LogP contribution in [0.4, 0.5) is 18.9 Å². The van der Waals surface area contributed by atoms with E-state index in [-0.39, 0.29) is 6.54 Å². The first kappa shape index (κ1) is 24.7. The molecule has 0 fully saturated rings. The number of nitrogens with zero attached hydrogens (tertiary/aromatic N) is 3. The van der Waals surface area contributed by atoms with Crippen LogP contribution in [0.3, 0.4) is 0 Å². The summed E-state index contributed by atoms with van der Waals surface area (Å²) in [4.78, 5) is 14.2. The van der Waals surface area contributed by atoms with Gasteiger partial charge in [-0.1, -0.05) is 37.3 Å². The maximum absolute atomic E-state index is 14.1. The maximum atomic E-state index is 14.1. The summed E-state index contributed by atoms with van der Waals surface area (Å²) in [6, 6.07) is 17.8. The van der Waals surface area contributed by atoms with E-state index in [0.29, 0.717) is 27.9 Å². The number of hydrogen-bond acceptors (Lipinski definition) is 5. The largest absolute Gasteiger partial charge is 0.420 e. The molecule has 2 N–H and O–H groups in total. The highest BCUT2D eigenvalue weighted by Crippen LogP contribution is 2.33. The lowest BCUT2D eigenvalue weighted by molar-refractivity contribution is -0.257. The van der Waals surface area contributed by atoms with Crippen LogP contribution in [0.15, 0.2) is 72.2 Å². The molecule has 0 saturated carbocycles. The second-order valence-corrected chi connectivity index (χ2v) is 9.16. The molecule has 1 amide bonds. The topological polar surface area (TPSA) is 70.4 Å². The number of aromatic nitrogens is 2. The van der Waals surface area contributed by atoms with Crippen LogP contribution in [0.1, 0.15) is 23.0 Å². The molecule has 0 aliphatic rings. The van der Waals surface area contributed by atoms with E-state index >= 15 is 0 Å². The fraction of sp³-hybridized carbons (Fsp3) is 0.280. The molecule has 2 heterocycles. The van der Waals surface area contributed by atoms with E-state index in [1.54, 1.807) is 47.4 Å². The van der Waals surface area contributed by atoms with Crippen molar-refractivity contribution in [2.75, 3.05) is 25.0 Å². The molecule has 0 spiro atoms. The number of halogens is 3. The van der Waals surface area contributed by atoms with Crippen molar-refractivity contribution in [3.05, 3.63) is 77.1 Å². The smallest absolute Gasteiger partial charge is 0.381 e. The highest BCUT2D eigenvalue weighted by molar-refractivity contribution is 7.12. The van der Waals surface area contributed by atoms with Crippen LogP contribution >= 0.6 is 11.3 Å². The van der Waals surface area contributed by atoms with Crippen molar-refractivity contribution in [1.82, 2.24) is 14.7 Å². The Kier molecular flexibility index (Phi) is 7.13. The van der Waals surface area contributed by atoms with Gasteiger partial charge in [0.1, 0.15) is 0 Å². The van der Waals surface area contributed by atoms with Crippen LogP contribution in [-0.4, -0.2) is 57.1 Å². The number of alkyl halides is 3. The van der Waals surface area contributed by atoms with Crippen LogP contribution in [0.5, 0.6) is 0 Å². The SMILES string of the molecule is CCCN(CC(O)(CNc1cccc2c1cnn2-c1ccccc1)C(F)(F)F)C(=O)c1cccs1. The minimum atomic E-state index is -4.97. The number of nitrogens with one attached hydrogen (secondary N) is 1. The van der Waals surface area contributed by atoms with Gasteiger partial charge in [0.15, 0.2) is 5.60 Å². The Morgan fingerprint density at radius 3 is 2.54 bits per heavy atom. The molecule has 4 aromatic rings. The molecule has 0 bridgehead atoms. The van der Waals surface area contributed by atoms with Gasteiger partial charge in [0.25, 0.3) is 5.91 Å². The van der Waals surface area contributed by atoms with Gasteiger partial charge in [-0.25, -0.2) is 4.68 Å². The average Bonchev–Trinajstić information content (AvgIpc) is 3.52. The Labute approximate surface area is 204 Å². The summed E-state index contributed by atoms with van der Waals surface area (Å²) in [7, 11) is 0. The van der Waals surface area contributed by atoms with E-state index in [1.807, 2.05) is 36.4 Å². The van der Waals surface area contributed by atoms with Crippen LogP contribution in [0.25, 0.3) is 16.6 Å². The van der Waals surface area contributed by atoms with E-state index in [4.69, 9.17) is 0 Å². The molecular formula is C25H25F3N4O2S. The molecule has 1 atom stereocenters. The zero-order valence-corrected chi connectivity index (χ0v) is 19.8. The summed E-state index contributed by atoms with van der Waals surface area (Å²) in [5.41, 5.74) is -1.24. The number of fused-ring (bicyclic) bond motifs is 1. The normalized spacial score (nSPS) is 13.5. The van der Waals surface area contributed by atoms with Gasteiger partial charge < -0.3 is 15.3 Å². The Hall–Kier alpha value is -3.37. The Bertz CT molecular complexity index is 1280. The Morgan fingerprint density at radius 1 is 1.11 bits per heavy atom. The number of thiophene rings is 1. The van der Waals surface area contributed by atoms with Crippen LogP contribution < -0.4 is 5.32 Å². The highest BCUT2D eigenvalue weighted by atomic mass is 32.1. The first-order valence-electron chi connectivity index (χ1n) is 11.1. The number of aliphatic hydroxyl groups is 1. The number of amides is 1. The molecule has 35 heavy (non-hydrogen) atoms. The van der Waals surface area contributed by atoms with Gasteiger partial charge in [0.2, 0.25) is 0 Å². The molecule has 2 aromatic carbocycles. The fourth-order valence-corrected chi connectivity index (χ4v) is 4.55. The predicted octanol–water partition coefficient (Wildman–Crippen LogP) is 5.34. The molecule has 0 aliphatic heterocycles. The molecule has 0 aliphatic carbocycles. The minimum absolute atomic E-state index is 0.0918. The monoisotopic (exact) mass is 502 g/mol. The summed E-state index contributed by atoms with van der Waals surface area (Å²) in [6.45, 7) is 0.149. The van der Waals surface area contributed by atoms with Gasteiger partial charge in [-0.15, -0.1) is 11.3 Å². The molecule has 2 aromatic heterocycles. The summed E-state index contributed by atoms with van der Waals surface area (Å²) in [5.74, 6) is -0.532. The number of carbonyl (C=O) groups excluding carboxylic acids is 1. The first-order chi connectivity index (χ1) is 16.7. The highest BCUT2D eigenvalue weighted by Gasteiger charge is 2.55. The maximum Gasteiger partial charge on any atom is 0.420 e. The molecule has 1 unspecified atom stereocenters. The lowest BCUT2D eigenvalue weighted by Crippen LogP contribution is -2.58. The molecule has 0 saturated heterocycles. The van der Waals surface area contributed by atoms with Crippen molar-refractivity contribution in [3.8, 4) is 5.69 Å². The number of anilines is 1. The Balaban J connectivity index is 1.60. The molecule has 0 radical (unpaired) electrons. The van der Waals surface area contributed by atoms with Crippen LogP contribution in [0.2, 0.25) is 0 Å². The van der Waals surface area contributed by atoms with Crippen LogP contribution in [-0.2, 0) is 0 Å². The lowest BCUT2D eigenvalue weighted by atomic mass is 10.0. The van der Waals surface area contributed by atoms with Gasteiger partial charge in [-0.3, -0.25) is 4.79 Å². The summed E-state index contributed by atoms with van der Waals surface area (Å²) >= 11 is 1.15. The second-order valence-electron chi connectivity index (χ2n) is 8.22. The number of rotatable bonds is 9. The van der Waals surface area contributed by atoms with E-state index in [2.05, 4.69) is 10.4 Å². The number of carbonyl (C=O) groups is 1. The van der Waals surface area contributed by atoms with Crippen molar-refractivity contribution < 1.29 is 23.1 Å². The van der Waals surface area contributed by atoms with Gasteiger partial charge >= 0.3 is 6.18 Å². The second kappa shape index (κ2) is 10.1. The van der Waals surface area contributed by atoms with Crippen molar-refractivity contribution in [1.29, 1.82) is 0 Å². The third-order valence-electron chi connectivity index (χ3n) is 5.68. The summed E-state index contributed by atoms with van der Waals surface area (Å²) in [5, 5.41) is 20.3. The van der Waals surface area contributed by atoms with Gasteiger partial charge in [-0.2, -0.15) is 18.3 Å². The lowest BCUT2D eigenvalue weighted by Gasteiger charge is -2.36. The molecular weight excluding hydrogens is 477 g/mol. The first-order valence-corrected chi connectivity index (χ1v) is 12.0. The number of hydrogen-bond donors (Lipinski definition) is 2. The summed E-state index contributed by atoms with van der Waals surface area (Å²) < 4.78 is 44.0. The van der Waals surface area contributed by atoms with E-state index < -0.39 is 30.8 Å². The average molecular weight is 503 g/mol. The Morgan fingerprint density at radius 2 is 1.89 bits per heavy atom.